The number of tetrazole rings is 1. The van der Waals surface area contributed by atoms with E-state index in [0.717, 1.165) is 29.2 Å². The Morgan fingerprint density at radius 3 is 2.80 bits per heavy atom. The highest BCUT2D eigenvalue weighted by Gasteiger charge is 2.36. The quantitative estimate of drug-likeness (QED) is 0.868. The maximum Gasteiger partial charge on any atom is 0.184 e. The molecule has 0 aliphatic heterocycles. The molecule has 0 amide bonds. The molecule has 2 aromatic rings. The summed E-state index contributed by atoms with van der Waals surface area (Å²) >= 11 is 0. The number of nitrogen functional groups attached to an aromatic ring is 1. The Morgan fingerprint density at radius 1 is 1.35 bits per heavy atom. The summed E-state index contributed by atoms with van der Waals surface area (Å²) in [5, 5.41) is 12.2. The molecule has 0 spiro atoms. The molecule has 0 atom stereocenters. The van der Waals surface area contributed by atoms with Gasteiger partial charge < -0.3 is 5.73 Å². The van der Waals surface area contributed by atoms with Crippen LogP contribution in [0.1, 0.15) is 38.2 Å². The molecule has 5 nitrogen and oxygen atoms in total. The van der Waals surface area contributed by atoms with E-state index in [4.69, 9.17) is 5.73 Å². The van der Waals surface area contributed by atoms with Crippen LogP contribution >= 0.6 is 0 Å². The van der Waals surface area contributed by atoms with Crippen LogP contribution < -0.4 is 5.73 Å². The van der Waals surface area contributed by atoms with Crippen LogP contribution in [0.25, 0.3) is 11.4 Å². The largest absolute Gasteiger partial charge is 0.398 e. The molecule has 1 aliphatic rings. The lowest BCUT2D eigenvalue weighted by Crippen LogP contribution is -2.34. The molecule has 106 valence electrons. The summed E-state index contributed by atoms with van der Waals surface area (Å²) in [6.45, 7) is 5.19. The molecule has 1 aromatic heterocycles. The van der Waals surface area contributed by atoms with Gasteiger partial charge in [0.2, 0.25) is 0 Å². The van der Waals surface area contributed by atoms with Crippen LogP contribution in [0.5, 0.6) is 0 Å². The smallest absolute Gasteiger partial charge is 0.184 e. The molecular formula is C15H21N5. The van der Waals surface area contributed by atoms with Crippen molar-refractivity contribution in [1.29, 1.82) is 0 Å². The third-order valence-corrected chi connectivity index (χ3v) is 4.63. The van der Waals surface area contributed by atoms with Crippen LogP contribution in [0.3, 0.4) is 0 Å². The molecule has 3 rings (SSSR count). The topological polar surface area (TPSA) is 69.6 Å². The zero-order chi connectivity index (χ0) is 14.2. The van der Waals surface area contributed by atoms with Gasteiger partial charge >= 0.3 is 0 Å². The van der Waals surface area contributed by atoms with Gasteiger partial charge in [0, 0.05) is 11.3 Å². The Morgan fingerprint density at radius 2 is 2.15 bits per heavy atom. The maximum atomic E-state index is 6.08. The lowest BCUT2D eigenvalue weighted by atomic mass is 9.67. The van der Waals surface area contributed by atoms with Gasteiger partial charge in [-0.2, -0.15) is 0 Å². The first kappa shape index (κ1) is 13.1. The first-order valence-electron chi connectivity index (χ1n) is 7.26. The molecule has 1 heterocycles. The average Bonchev–Trinajstić information content (AvgIpc) is 2.84. The molecule has 1 saturated carbocycles. The number of anilines is 1. The number of aryl methyl sites for hydroxylation is 1. The van der Waals surface area contributed by atoms with E-state index in [1.807, 2.05) is 16.8 Å². The van der Waals surface area contributed by atoms with Gasteiger partial charge in [-0.05, 0) is 54.2 Å². The average molecular weight is 271 g/mol. The lowest BCUT2D eigenvalue weighted by Gasteiger charge is -2.41. The first-order chi connectivity index (χ1) is 9.63. The monoisotopic (exact) mass is 271 g/mol. The van der Waals surface area contributed by atoms with Crippen LogP contribution in [-0.2, 0) is 6.54 Å². The van der Waals surface area contributed by atoms with Crippen molar-refractivity contribution in [3.8, 4) is 11.4 Å². The lowest BCUT2D eigenvalue weighted by molar-refractivity contribution is 0.0948. The van der Waals surface area contributed by atoms with Gasteiger partial charge in [-0.15, -0.1) is 5.10 Å². The third kappa shape index (κ3) is 2.17. The minimum absolute atomic E-state index is 0.378. The highest BCUT2D eigenvalue weighted by molar-refractivity contribution is 5.72. The van der Waals surface area contributed by atoms with Gasteiger partial charge in [0.15, 0.2) is 5.82 Å². The summed E-state index contributed by atoms with van der Waals surface area (Å²) in [5.41, 5.74) is 9.28. The van der Waals surface area contributed by atoms with Crippen molar-refractivity contribution in [3.63, 3.8) is 0 Å². The number of rotatable bonds is 4. The summed E-state index contributed by atoms with van der Waals surface area (Å²) in [4.78, 5) is 0. The summed E-state index contributed by atoms with van der Waals surface area (Å²) in [6.07, 6.45) is 5.03. The Labute approximate surface area is 119 Å². The first-order valence-corrected chi connectivity index (χ1v) is 7.26. The fourth-order valence-corrected chi connectivity index (χ4v) is 2.99. The molecule has 0 bridgehead atoms. The number of nitrogens with zero attached hydrogens (tertiary/aromatic N) is 4. The second kappa shape index (κ2) is 4.89. The van der Waals surface area contributed by atoms with E-state index >= 15 is 0 Å². The standard InChI is InChI=1S/C15H21N5/c1-3-15(7-4-8-15)10-20-14(17-18-19-20)12-9-11(2)5-6-13(12)16/h5-6,9H,3-4,7-8,10,16H2,1-2H3. The Balaban J connectivity index is 1.96. The molecule has 1 aromatic carbocycles. The Bertz CT molecular complexity index is 607. The van der Waals surface area contributed by atoms with Crippen LogP contribution in [0.2, 0.25) is 0 Å². The van der Waals surface area contributed by atoms with Crippen LogP contribution in [0, 0.1) is 12.3 Å². The van der Waals surface area contributed by atoms with E-state index in [1.54, 1.807) is 0 Å². The van der Waals surface area contributed by atoms with E-state index in [2.05, 4.69) is 35.4 Å². The summed E-state index contributed by atoms with van der Waals surface area (Å²) < 4.78 is 1.92. The van der Waals surface area contributed by atoms with Crippen LogP contribution in [0.15, 0.2) is 18.2 Å². The van der Waals surface area contributed by atoms with Crippen LogP contribution in [0.4, 0.5) is 5.69 Å². The van der Waals surface area contributed by atoms with Crippen molar-refractivity contribution >= 4 is 5.69 Å². The molecule has 1 aliphatic carbocycles. The van der Waals surface area contributed by atoms with Gasteiger partial charge in [-0.1, -0.05) is 25.0 Å². The van der Waals surface area contributed by atoms with E-state index in [0.29, 0.717) is 5.41 Å². The zero-order valence-electron chi connectivity index (χ0n) is 12.1. The fourth-order valence-electron chi connectivity index (χ4n) is 2.99. The molecule has 0 saturated heterocycles. The Kier molecular flexibility index (Phi) is 3.20. The fraction of sp³-hybridized carbons (Fsp3) is 0.533. The van der Waals surface area contributed by atoms with Gasteiger partial charge in [0.25, 0.3) is 0 Å². The SMILES string of the molecule is CCC1(Cn2nnnc2-c2cc(C)ccc2N)CCC1. The second-order valence-electron chi connectivity index (χ2n) is 5.96. The van der Waals surface area contributed by atoms with Crippen molar-refractivity contribution in [2.24, 2.45) is 5.41 Å². The summed E-state index contributed by atoms with van der Waals surface area (Å²) in [7, 11) is 0. The number of benzene rings is 1. The molecule has 1 fully saturated rings. The minimum atomic E-state index is 0.378. The predicted octanol–water partition coefficient (Wildman–Crippen LogP) is 2.81. The van der Waals surface area contributed by atoms with Crippen molar-refractivity contribution in [2.75, 3.05) is 5.73 Å². The van der Waals surface area contributed by atoms with Crippen molar-refractivity contribution < 1.29 is 0 Å². The number of hydrogen-bond acceptors (Lipinski definition) is 4. The number of aromatic nitrogens is 4. The number of hydrogen-bond donors (Lipinski definition) is 1. The molecular weight excluding hydrogens is 250 g/mol. The summed E-state index contributed by atoms with van der Waals surface area (Å²) in [6, 6.07) is 5.98. The molecule has 0 radical (unpaired) electrons. The van der Waals surface area contributed by atoms with E-state index in [9.17, 15) is 0 Å². The zero-order valence-corrected chi connectivity index (χ0v) is 12.1. The van der Waals surface area contributed by atoms with Crippen molar-refractivity contribution in [1.82, 2.24) is 20.2 Å². The Hall–Kier alpha value is -1.91. The van der Waals surface area contributed by atoms with Gasteiger partial charge in [-0.25, -0.2) is 4.68 Å². The number of nitrogens with two attached hydrogens (primary N) is 1. The normalized spacial score (nSPS) is 16.9. The second-order valence-corrected chi connectivity index (χ2v) is 5.96. The van der Waals surface area contributed by atoms with Gasteiger partial charge in [0.05, 0.1) is 6.54 Å². The van der Waals surface area contributed by atoms with Crippen molar-refractivity contribution in [2.45, 2.75) is 46.1 Å². The molecule has 0 unspecified atom stereocenters. The highest BCUT2D eigenvalue weighted by atomic mass is 15.5. The van der Waals surface area contributed by atoms with Crippen molar-refractivity contribution in [3.05, 3.63) is 23.8 Å². The summed E-state index contributed by atoms with van der Waals surface area (Å²) in [5.74, 6) is 0.783. The minimum Gasteiger partial charge on any atom is -0.398 e. The predicted molar refractivity (Wildman–Crippen MR) is 79.0 cm³/mol. The van der Waals surface area contributed by atoms with Crippen LogP contribution in [-0.4, -0.2) is 20.2 Å². The molecule has 20 heavy (non-hydrogen) atoms. The molecule has 5 heteroatoms. The molecule has 2 N–H and O–H groups in total. The highest BCUT2D eigenvalue weighted by Crippen LogP contribution is 2.45. The van der Waals surface area contributed by atoms with E-state index in [1.165, 1.54) is 25.7 Å². The van der Waals surface area contributed by atoms with E-state index < -0.39 is 0 Å². The van der Waals surface area contributed by atoms with E-state index in [-0.39, 0.29) is 0 Å². The van der Waals surface area contributed by atoms with Gasteiger partial charge in [0.1, 0.15) is 0 Å². The maximum absolute atomic E-state index is 6.08. The van der Waals surface area contributed by atoms with Gasteiger partial charge in [-0.3, -0.25) is 0 Å². The third-order valence-electron chi connectivity index (χ3n) is 4.63.